The molecule has 0 aliphatic carbocycles. The molecule has 0 atom stereocenters. The smallest absolute Gasteiger partial charge is 0.295 e. The van der Waals surface area contributed by atoms with Crippen molar-refractivity contribution >= 4 is 66.3 Å². The Labute approximate surface area is 137 Å². The Morgan fingerprint density at radius 1 is 0.850 bits per heavy atom. The zero-order valence-corrected chi connectivity index (χ0v) is 13.9. The number of anilines is 1. The molecule has 0 spiro atoms. The molecule has 103 valence electrons. The van der Waals surface area contributed by atoms with Crippen molar-refractivity contribution in [3.8, 4) is 0 Å². The molecule has 0 aliphatic heterocycles. The summed E-state index contributed by atoms with van der Waals surface area (Å²) < 4.78 is 63.1. The number of fused-ring (bicyclic) bond motifs is 1. The Kier molecular flexibility index (Phi) is 4.87. The molecular formula is C10H9NNaO6S2. The maximum atomic E-state index is 11.2. The summed E-state index contributed by atoms with van der Waals surface area (Å²) in [6, 6.07) is 5.80. The fourth-order valence-corrected chi connectivity index (χ4v) is 3.24. The van der Waals surface area contributed by atoms with E-state index in [2.05, 4.69) is 0 Å². The second-order valence-corrected chi connectivity index (χ2v) is 6.56. The van der Waals surface area contributed by atoms with Crippen LogP contribution in [-0.4, -0.2) is 55.5 Å². The molecule has 0 amide bonds. The van der Waals surface area contributed by atoms with Crippen molar-refractivity contribution in [2.75, 3.05) is 5.73 Å². The van der Waals surface area contributed by atoms with Gasteiger partial charge in [0, 0.05) is 46.0 Å². The minimum atomic E-state index is -4.57. The van der Waals surface area contributed by atoms with E-state index in [9.17, 15) is 16.8 Å². The van der Waals surface area contributed by atoms with Crippen molar-refractivity contribution in [1.29, 1.82) is 0 Å². The first-order valence-corrected chi connectivity index (χ1v) is 7.76. The summed E-state index contributed by atoms with van der Waals surface area (Å²) in [5.74, 6) is 0. The number of nitrogens with two attached hydrogens (primary N) is 1. The third-order valence-electron chi connectivity index (χ3n) is 2.55. The Morgan fingerprint density at radius 3 is 1.90 bits per heavy atom. The van der Waals surface area contributed by atoms with Crippen molar-refractivity contribution < 1.29 is 25.9 Å². The van der Waals surface area contributed by atoms with Crippen LogP contribution in [0, 0.1) is 0 Å². The van der Waals surface area contributed by atoms with Crippen LogP contribution in [0.25, 0.3) is 10.8 Å². The van der Waals surface area contributed by atoms with Gasteiger partial charge in [0.05, 0.1) is 0 Å². The number of hydrogen-bond acceptors (Lipinski definition) is 5. The minimum absolute atomic E-state index is 0. The quantitative estimate of drug-likeness (QED) is 0.416. The van der Waals surface area contributed by atoms with Gasteiger partial charge in [-0.15, -0.1) is 0 Å². The maximum Gasteiger partial charge on any atom is 0.295 e. The molecule has 2 aromatic rings. The first-order chi connectivity index (χ1) is 8.62. The van der Waals surface area contributed by atoms with Crippen molar-refractivity contribution in [1.82, 2.24) is 0 Å². The van der Waals surface area contributed by atoms with E-state index in [1.165, 1.54) is 12.1 Å². The van der Waals surface area contributed by atoms with Crippen LogP contribution in [0.4, 0.5) is 5.69 Å². The van der Waals surface area contributed by atoms with Crippen molar-refractivity contribution in [2.45, 2.75) is 9.79 Å². The topological polar surface area (TPSA) is 135 Å². The molecule has 10 heteroatoms. The minimum Gasteiger partial charge on any atom is -0.398 e. The van der Waals surface area contributed by atoms with Gasteiger partial charge in [0.2, 0.25) is 0 Å². The van der Waals surface area contributed by atoms with E-state index in [0.717, 1.165) is 18.2 Å². The SMILES string of the molecule is Nc1ccc(S(=O)(=O)O)c2cccc(S(=O)(=O)O)c12.[Na]. The van der Waals surface area contributed by atoms with Gasteiger partial charge in [-0.3, -0.25) is 9.11 Å². The summed E-state index contributed by atoms with van der Waals surface area (Å²) in [6.45, 7) is 0. The molecule has 7 nitrogen and oxygen atoms in total. The Hall–Kier alpha value is -0.680. The predicted octanol–water partition coefficient (Wildman–Crippen LogP) is 0.535. The van der Waals surface area contributed by atoms with Crippen LogP contribution in [-0.2, 0) is 20.2 Å². The van der Waals surface area contributed by atoms with Gasteiger partial charge in [0.25, 0.3) is 20.2 Å². The summed E-state index contributed by atoms with van der Waals surface area (Å²) >= 11 is 0. The second kappa shape index (κ2) is 5.60. The molecule has 1 radical (unpaired) electrons. The number of nitrogen functional groups attached to an aromatic ring is 1. The third-order valence-corrected chi connectivity index (χ3v) is 4.36. The standard InChI is InChI=1S/C10H9NO6S2.Na/c11-7-4-5-8(18(12,13)14)6-2-1-3-9(10(6)7)19(15,16)17;/h1-5H,11H2,(H,12,13,14)(H,15,16,17);. The van der Waals surface area contributed by atoms with Gasteiger partial charge in [-0.05, 0) is 18.2 Å². The van der Waals surface area contributed by atoms with E-state index in [0.29, 0.717) is 0 Å². The van der Waals surface area contributed by atoms with Crippen LogP contribution < -0.4 is 5.73 Å². The fourth-order valence-electron chi connectivity index (χ4n) is 1.81. The van der Waals surface area contributed by atoms with E-state index >= 15 is 0 Å². The molecule has 20 heavy (non-hydrogen) atoms. The summed E-state index contributed by atoms with van der Waals surface area (Å²) in [5.41, 5.74) is 5.58. The van der Waals surface area contributed by atoms with Crippen LogP contribution in [0.5, 0.6) is 0 Å². The van der Waals surface area contributed by atoms with Gasteiger partial charge in [-0.1, -0.05) is 12.1 Å². The van der Waals surface area contributed by atoms with Gasteiger partial charge in [-0.25, -0.2) is 0 Å². The molecule has 0 aliphatic rings. The van der Waals surface area contributed by atoms with Crippen LogP contribution in [0.2, 0.25) is 0 Å². The van der Waals surface area contributed by atoms with Crippen LogP contribution in [0.15, 0.2) is 40.1 Å². The molecule has 0 bridgehead atoms. The first kappa shape index (κ1) is 17.4. The molecule has 4 N–H and O–H groups in total. The average Bonchev–Trinajstić information content (AvgIpc) is 2.25. The van der Waals surface area contributed by atoms with E-state index in [-0.39, 0.29) is 46.0 Å². The number of benzene rings is 2. The van der Waals surface area contributed by atoms with Crippen LogP contribution in [0.3, 0.4) is 0 Å². The Balaban J connectivity index is 0.00000200. The van der Waals surface area contributed by atoms with E-state index < -0.39 is 30.0 Å². The molecule has 0 saturated carbocycles. The van der Waals surface area contributed by atoms with Gasteiger partial charge < -0.3 is 5.73 Å². The molecule has 2 aromatic carbocycles. The first-order valence-electron chi connectivity index (χ1n) is 4.88. The monoisotopic (exact) mass is 326 g/mol. The second-order valence-electron chi connectivity index (χ2n) is 3.78. The Morgan fingerprint density at radius 2 is 1.40 bits per heavy atom. The third kappa shape index (κ3) is 3.14. The number of hydrogen-bond donors (Lipinski definition) is 3. The van der Waals surface area contributed by atoms with Crippen LogP contribution in [0.1, 0.15) is 0 Å². The van der Waals surface area contributed by atoms with Gasteiger partial charge >= 0.3 is 0 Å². The summed E-state index contributed by atoms with van der Waals surface area (Å²) in [4.78, 5) is -1.00. The molecular weight excluding hydrogens is 317 g/mol. The molecule has 0 saturated heterocycles. The molecule has 0 heterocycles. The zero-order valence-electron chi connectivity index (χ0n) is 10.3. The molecule has 0 fully saturated rings. The number of rotatable bonds is 2. The normalized spacial score (nSPS) is 12.1. The van der Waals surface area contributed by atoms with E-state index in [4.69, 9.17) is 14.8 Å². The summed E-state index contributed by atoms with van der Waals surface area (Å²) in [7, 11) is -9.11. The molecule has 2 rings (SSSR count). The maximum absolute atomic E-state index is 11.2. The average molecular weight is 326 g/mol. The van der Waals surface area contributed by atoms with E-state index in [1.54, 1.807) is 0 Å². The van der Waals surface area contributed by atoms with Crippen molar-refractivity contribution in [3.05, 3.63) is 30.3 Å². The molecule has 0 unspecified atom stereocenters. The fraction of sp³-hybridized carbons (Fsp3) is 0. The van der Waals surface area contributed by atoms with Crippen molar-refractivity contribution in [3.63, 3.8) is 0 Å². The summed E-state index contributed by atoms with van der Waals surface area (Å²) in [5, 5.41) is -0.238. The largest absolute Gasteiger partial charge is 0.398 e. The van der Waals surface area contributed by atoms with Gasteiger partial charge in [-0.2, -0.15) is 16.8 Å². The van der Waals surface area contributed by atoms with Gasteiger partial charge in [0.15, 0.2) is 0 Å². The predicted molar refractivity (Wildman–Crippen MR) is 73.7 cm³/mol. The zero-order chi connectivity index (χ0) is 14.4. The Bertz CT molecular complexity index is 876. The van der Waals surface area contributed by atoms with E-state index in [1.807, 2.05) is 0 Å². The van der Waals surface area contributed by atoms with Gasteiger partial charge in [0.1, 0.15) is 9.79 Å². The molecule has 0 aromatic heterocycles. The van der Waals surface area contributed by atoms with Crippen LogP contribution >= 0.6 is 0 Å². The van der Waals surface area contributed by atoms with Crippen molar-refractivity contribution in [2.24, 2.45) is 0 Å². The summed E-state index contributed by atoms with van der Waals surface area (Å²) in [6.07, 6.45) is 0.